The van der Waals surface area contributed by atoms with Crippen molar-refractivity contribution < 1.29 is 18.7 Å². The molecule has 0 atom stereocenters. The Morgan fingerprint density at radius 3 is 2.67 bits per heavy atom. The van der Waals surface area contributed by atoms with Gasteiger partial charge < -0.3 is 14.6 Å². The Kier molecular flexibility index (Phi) is 4.29. The molecule has 0 aliphatic rings. The van der Waals surface area contributed by atoms with Gasteiger partial charge in [-0.15, -0.1) is 0 Å². The number of nitrogens with zero attached hydrogens (tertiary/aromatic N) is 1. The summed E-state index contributed by atoms with van der Waals surface area (Å²) in [7, 11) is 1.57. The van der Waals surface area contributed by atoms with Crippen molar-refractivity contribution in [3.05, 3.63) is 60.0 Å². The summed E-state index contributed by atoms with van der Waals surface area (Å²) in [4.78, 5) is 23.4. The number of rotatable bonds is 5. The molecule has 1 N–H and O–H groups in total. The Labute approximate surface area is 137 Å². The van der Waals surface area contributed by atoms with Crippen LogP contribution < -0.4 is 10.1 Å². The van der Waals surface area contributed by atoms with E-state index in [1.54, 1.807) is 48.2 Å². The van der Waals surface area contributed by atoms with E-state index < -0.39 is 5.82 Å². The van der Waals surface area contributed by atoms with E-state index in [0.29, 0.717) is 34.2 Å². The van der Waals surface area contributed by atoms with Crippen LogP contribution in [0.3, 0.4) is 0 Å². The van der Waals surface area contributed by atoms with Crippen LogP contribution in [-0.4, -0.2) is 23.9 Å². The molecule has 6 heteroatoms. The number of aromatic nitrogens is 1. The second kappa shape index (κ2) is 6.54. The van der Waals surface area contributed by atoms with Crippen LogP contribution in [0.2, 0.25) is 0 Å². The number of carbonyl (C=O) groups excluding carboxylic acids is 2. The molecule has 0 bridgehead atoms. The van der Waals surface area contributed by atoms with Crippen molar-refractivity contribution >= 4 is 28.8 Å². The average molecular weight is 326 g/mol. The van der Waals surface area contributed by atoms with Gasteiger partial charge in [0.25, 0.3) is 0 Å². The molecular formula is C18H15FN2O3. The zero-order chi connectivity index (χ0) is 17.1. The molecule has 2 aromatic carbocycles. The first-order valence-corrected chi connectivity index (χ1v) is 7.28. The smallest absolute Gasteiger partial charge is 0.244 e. The Balaban J connectivity index is 1.81. The van der Waals surface area contributed by atoms with Gasteiger partial charge in [0, 0.05) is 28.4 Å². The lowest BCUT2D eigenvalue weighted by Gasteiger charge is -2.08. The zero-order valence-electron chi connectivity index (χ0n) is 13.0. The van der Waals surface area contributed by atoms with Crippen molar-refractivity contribution in [3.8, 4) is 5.75 Å². The highest BCUT2D eigenvalue weighted by atomic mass is 19.1. The number of fused-ring (bicyclic) bond motifs is 1. The normalized spacial score (nSPS) is 10.6. The molecule has 3 aromatic rings. The molecule has 24 heavy (non-hydrogen) atoms. The van der Waals surface area contributed by atoms with E-state index in [1.165, 1.54) is 12.1 Å². The highest BCUT2D eigenvalue weighted by Crippen LogP contribution is 2.22. The maximum atomic E-state index is 13.4. The first-order valence-electron chi connectivity index (χ1n) is 7.28. The fourth-order valence-electron chi connectivity index (χ4n) is 2.55. The maximum Gasteiger partial charge on any atom is 0.244 e. The molecule has 0 spiro atoms. The monoisotopic (exact) mass is 326 g/mol. The van der Waals surface area contributed by atoms with E-state index in [0.717, 1.165) is 0 Å². The van der Waals surface area contributed by atoms with Crippen LogP contribution in [0.1, 0.15) is 10.4 Å². The van der Waals surface area contributed by atoms with Crippen LogP contribution in [0.4, 0.5) is 10.1 Å². The van der Waals surface area contributed by atoms with Gasteiger partial charge in [0.2, 0.25) is 5.91 Å². The van der Waals surface area contributed by atoms with Crippen molar-refractivity contribution in [2.75, 3.05) is 12.4 Å². The van der Waals surface area contributed by atoms with Gasteiger partial charge in [0.15, 0.2) is 6.29 Å². The Morgan fingerprint density at radius 2 is 2.00 bits per heavy atom. The second-order valence-electron chi connectivity index (χ2n) is 5.27. The Hall–Kier alpha value is -3.15. The van der Waals surface area contributed by atoms with Crippen molar-refractivity contribution in [1.82, 2.24) is 4.57 Å². The second-order valence-corrected chi connectivity index (χ2v) is 5.27. The molecule has 1 heterocycles. The largest absolute Gasteiger partial charge is 0.497 e. The number of hydrogen-bond donors (Lipinski definition) is 1. The molecule has 122 valence electrons. The number of benzene rings is 2. The quantitative estimate of drug-likeness (QED) is 0.732. The number of anilines is 1. The summed E-state index contributed by atoms with van der Waals surface area (Å²) < 4.78 is 20.0. The number of ether oxygens (including phenoxy) is 1. The van der Waals surface area contributed by atoms with Gasteiger partial charge in [0.1, 0.15) is 18.1 Å². The minimum atomic E-state index is -0.425. The third-order valence-corrected chi connectivity index (χ3v) is 3.69. The highest BCUT2D eigenvalue weighted by Gasteiger charge is 2.12. The number of halogens is 1. The topological polar surface area (TPSA) is 60.3 Å². The molecule has 1 aromatic heterocycles. The number of aldehydes is 1. The summed E-state index contributed by atoms with van der Waals surface area (Å²) in [6.45, 7) is 0.0159. The molecule has 1 amide bonds. The zero-order valence-corrected chi connectivity index (χ0v) is 13.0. The first kappa shape index (κ1) is 15.7. The molecule has 0 radical (unpaired) electrons. The molecule has 0 aliphatic heterocycles. The Bertz CT molecular complexity index is 901. The predicted octanol–water partition coefficient (Wildman–Crippen LogP) is 3.24. The summed E-state index contributed by atoms with van der Waals surface area (Å²) in [5, 5.41) is 3.26. The van der Waals surface area contributed by atoms with Crippen LogP contribution in [0.25, 0.3) is 10.9 Å². The number of carbonyl (C=O) groups is 2. The molecule has 0 unspecified atom stereocenters. The van der Waals surface area contributed by atoms with Crippen LogP contribution in [-0.2, 0) is 11.3 Å². The standard InChI is InChI=1S/C18H15FN2O3/c1-24-15-5-3-14(4-6-15)20-18(23)10-21-9-12(11-22)16-8-13(19)2-7-17(16)21/h2-9,11H,10H2,1H3,(H,20,23). The maximum absolute atomic E-state index is 13.4. The minimum absolute atomic E-state index is 0.0159. The third kappa shape index (κ3) is 3.12. The van der Waals surface area contributed by atoms with Gasteiger partial charge in [-0.1, -0.05) is 0 Å². The van der Waals surface area contributed by atoms with Gasteiger partial charge in [-0.3, -0.25) is 9.59 Å². The number of methoxy groups -OCH3 is 1. The van der Waals surface area contributed by atoms with E-state index in [2.05, 4.69) is 5.32 Å². The van der Waals surface area contributed by atoms with Crippen LogP contribution in [0.5, 0.6) is 5.75 Å². The van der Waals surface area contributed by atoms with Gasteiger partial charge in [0.05, 0.1) is 7.11 Å². The van der Waals surface area contributed by atoms with Gasteiger partial charge in [-0.25, -0.2) is 4.39 Å². The summed E-state index contributed by atoms with van der Waals surface area (Å²) in [6, 6.07) is 11.1. The molecule has 0 saturated heterocycles. The van der Waals surface area contributed by atoms with E-state index in [4.69, 9.17) is 4.74 Å². The summed E-state index contributed by atoms with van der Waals surface area (Å²) >= 11 is 0. The van der Waals surface area contributed by atoms with E-state index in [9.17, 15) is 14.0 Å². The molecule has 0 aliphatic carbocycles. The van der Waals surface area contributed by atoms with Crippen molar-refractivity contribution in [2.45, 2.75) is 6.54 Å². The van der Waals surface area contributed by atoms with Gasteiger partial charge >= 0.3 is 0 Å². The molecular weight excluding hydrogens is 311 g/mol. The Morgan fingerprint density at radius 1 is 1.25 bits per heavy atom. The van der Waals surface area contributed by atoms with Gasteiger partial charge in [-0.05, 0) is 42.5 Å². The minimum Gasteiger partial charge on any atom is -0.497 e. The number of amides is 1. The SMILES string of the molecule is COc1ccc(NC(=O)Cn2cc(C=O)c3cc(F)ccc32)cc1. The van der Waals surface area contributed by atoms with E-state index in [-0.39, 0.29) is 12.5 Å². The highest BCUT2D eigenvalue weighted by molar-refractivity contribution is 5.99. The van der Waals surface area contributed by atoms with Crippen LogP contribution in [0, 0.1) is 5.82 Å². The fraction of sp³-hybridized carbons (Fsp3) is 0.111. The summed E-state index contributed by atoms with van der Waals surface area (Å²) in [5.74, 6) is 0.0203. The van der Waals surface area contributed by atoms with Crippen molar-refractivity contribution in [1.29, 1.82) is 0 Å². The third-order valence-electron chi connectivity index (χ3n) is 3.69. The van der Waals surface area contributed by atoms with E-state index >= 15 is 0 Å². The predicted molar refractivity (Wildman–Crippen MR) is 88.9 cm³/mol. The lowest BCUT2D eigenvalue weighted by molar-refractivity contribution is -0.116. The van der Waals surface area contributed by atoms with E-state index in [1.807, 2.05) is 0 Å². The first-order chi connectivity index (χ1) is 11.6. The lowest BCUT2D eigenvalue weighted by atomic mass is 10.2. The van der Waals surface area contributed by atoms with Crippen LogP contribution >= 0.6 is 0 Å². The molecule has 0 saturated carbocycles. The fourth-order valence-corrected chi connectivity index (χ4v) is 2.55. The number of hydrogen-bond acceptors (Lipinski definition) is 3. The number of nitrogens with one attached hydrogen (secondary N) is 1. The molecule has 5 nitrogen and oxygen atoms in total. The van der Waals surface area contributed by atoms with Crippen molar-refractivity contribution in [2.24, 2.45) is 0 Å². The molecule has 0 fully saturated rings. The average Bonchev–Trinajstić information content (AvgIpc) is 2.92. The molecule has 3 rings (SSSR count). The van der Waals surface area contributed by atoms with Crippen LogP contribution in [0.15, 0.2) is 48.7 Å². The summed E-state index contributed by atoms with van der Waals surface area (Å²) in [5.41, 5.74) is 1.61. The van der Waals surface area contributed by atoms with Gasteiger partial charge in [-0.2, -0.15) is 0 Å². The lowest BCUT2D eigenvalue weighted by Crippen LogP contribution is -2.18. The summed E-state index contributed by atoms with van der Waals surface area (Å²) in [6.07, 6.45) is 2.20. The van der Waals surface area contributed by atoms with Crippen molar-refractivity contribution in [3.63, 3.8) is 0 Å².